The van der Waals surface area contributed by atoms with E-state index in [1.54, 1.807) is 6.07 Å². The van der Waals surface area contributed by atoms with Crippen LogP contribution in [-0.4, -0.2) is 0 Å². The SMILES string of the molecule is Cc1ccc(C)c(COc2ccc3c(=O)c(-c4ccc(Cl)cc4)c(C(F)(F)F)oc3c2)c1. The van der Waals surface area contributed by atoms with Gasteiger partial charge in [-0.2, -0.15) is 13.2 Å². The van der Waals surface area contributed by atoms with E-state index in [2.05, 4.69) is 0 Å². The molecule has 0 bridgehead atoms. The summed E-state index contributed by atoms with van der Waals surface area (Å²) in [6, 6.07) is 15.8. The summed E-state index contributed by atoms with van der Waals surface area (Å²) in [4.78, 5) is 13.0. The van der Waals surface area contributed by atoms with E-state index in [0.717, 1.165) is 16.7 Å². The van der Waals surface area contributed by atoms with Crippen molar-refractivity contribution in [1.29, 1.82) is 0 Å². The highest BCUT2D eigenvalue weighted by molar-refractivity contribution is 6.30. The topological polar surface area (TPSA) is 39.4 Å². The van der Waals surface area contributed by atoms with Gasteiger partial charge in [-0.25, -0.2) is 0 Å². The van der Waals surface area contributed by atoms with Gasteiger partial charge < -0.3 is 9.15 Å². The molecule has 32 heavy (non-hydrogen) atoms. The number of ether oxygens (including phenoxy) is 1. The molecular formula is C25H18ClF3O3. The third kappa shape index (κ3) is 4.36. The average molecular weight is 459 g/mol. The summed E-state index contributed by atoms with van der Waals surface area (Å²) in [5.74, 6) is -1.06. The van der Waals surface area contributed by atoms with Crippen LogP contribution in [0.1, 0.15) is 22.5 Å². The minimum Gasteiger partial charge on any atom is -0.489 e. The third-order valence-electron chi connectivity index (χ3n) is 5.15. The van der Waals surface area contributed by atoms with Crippen LogP contribution in [-0.2, 0) is 12.8 Å². The molecule has 0 N–H and O–H groups in total. The first-order valence-corrected chi connectivity index (χ1v) is 10.1. The Kier molecular flexibility index (Phi) is 5.73. The Morgan fingerprint density at radius 1 is 0.969 bits per heavy atom. The number of aryl methyl sites for hydroxylation is 2. The number of rotatable bonds is 4. The van der Waals surface area contributed by atoms with E-state index in [9.17, 15) is 18.0 Å². The van der Waals surface area contributed by atoms with Crippen molar-refractivity contribution < 1.29 is 22.3 Å². The Bertz CT molecular complexity index is 1360. The summed E-state index contributed by atoms with van der Waals surface area (Å²) in [6.07, 6.45) is -4.86. The number of alkyl halides is 3. The largest absolute Gasteiger partial charge is 0.489 e. The molecule has 4 rings (SSSR count). The molecule has 0 saturated heterocycles. The fourth-order valence-electron chi connectivity index (χ4n) is 3.46. The Labute approximate surface area is 187 Å². The molecule has 0 unspecified atom stereocenters. The highest BCUT2D eigenvalue weighted by Crippen LogP contribution is 2.38. The van der Waals surface area contributed by atoms with Gasteiger partial charge in [-0.3, -0.25) is 4.79 Å². The number of benzene rings is 3. The first-order chi connectivity index (χ1) is 15.1. The van der Waals surface area contributed by atoms with Gasteiger partial charge in [-0.15, -0.1) is 0 Å². The van der Waals surface area contributed by atoms with Crippen molar-refractivity contribution in [2.24, 2.45) is 0 Å². The summed E-state index contributed by atoms with van der Waals surface area (Å²) in [5, 5.41) is 0.375. The smallest absolute Gasteiger partial charge is 0.450 e. The molecule has 1 aromatic heterocycles. The molecule has 0 aliphatic rings. The Hall–Kier alpha value is -3.25. The summed E-state index contributed by atoms with van der Waals surface area (Å²) < 4.78 is 52.3. The van der Waals surface area contributed by atoms with Gasteiger partial charge in [0.1, 0.15) is 17.9 Å². The van der Waals surface area contributed by atoms with Gasteiger partial charge in [0.05, 0.1) is 10.9 Å². The number of hydrogen-bond donors (Lipinski definition) is 0. The van der Waals surface area contributed by atoms with Crippen LogP contribution in [0.15, 0.2) is 69.9 Å². The zero-order valence-corrected chi connectivity index (χ0v) is 18.0. The number of fused-ring (bicyclic) bond motifs is 1. The van der Waals surface area contributed by atoms with Crippen LogP contribution in [0.5, 0.6) is 5.75 Å². The zero-order valence-electron chi connectivity index (χ0n) is 17.2. The minimum atomic E-state index is -4.86. The molecule has 0 radical (unpaired) electrons. The number of hydrogen-bond acceptors (Lipinski definition) is 3. The second kappa shape index (κ2) is 8.36. The maximum atomic E-state index is 13.8. The second-order valence-electron chi connectivity index (χ2n) is 7.52. The lowest BCUT2D eigenvalue weighted by Gasteiger charge is -2.14. The van der Waals surface area contributed by atoms with Crippen LogP contribution in [0.4, 0.5) is 13.2 Å². The molecule has 0 aliphatic carbocycles. The van der Waals surface area contributed by atoms with Gasteiger partial charge in [0.2, 0.25) is 11.2 Å². The fourth-order valence-corrected chi connectivity index (χ4v) is 3.58. The highest BCUT2D eigenvalue weighted by Gasteiger charge is 2.39. The summed E-state index contributed by atoms with van der Waals surface area (Å²) in [6.45, 7) is 4.15. The predicted molar refractivity (Wildman–Crippen MR) is 118 cm³/mol. The molecule has 7 heteroatoms. The molecule has 164 valence electrons. The quantitative estimate of drug-likeness (QED) is 0.321. The van der Waals surface area contributed by atoms with E-state index >= 15 is 0 Å². The molecule has 0 fully saturated rings. The van der Waals surface area contributed by atoms with E-state index in [1.807, 2.05) is 32.0 Å². The molecule has 0 atom stereocenters. The van der Waals surface area contributed by atoms with E-state index in [0.29, 0.717) is 10.8 Å². The Morgan fingerprint density at radius 3 is 2.38 bits per heavy atom. The van der Waals surface area contributed by atoms with Crippen molar-refractivity contribution in [2.75, 3.05) is 0 Å². The van der Waals surface area contributed by atoms with Gasteiger partial charge in [-0.05, 0) is 54.8 Å². The monoisotopic (exact) mass is 458 g/mol. The first kappa shape index (κ1) is 22.0. The van der Waals surface area contributed by atoms with Crippen LogP contribution in [0.2, 0.25) is 5.02 Å². The predicted octanol–water partition coefficient (Wildman–Crippen LogP) is 7.33. The summed E-state index contributed by atoms with van der Waals surface area (Å²) >= 11 is 5.84. The maximum absolute atomic E-state index is 13.8. The lowest BCUT2D eigenvalue weighted by molar-refractivity contribution is -0.152. The standard InChI is InChI=1S/C25H18ClF3O3/c1-14-3-4-15(2)17(11-14)13-31-19-9-10-20-21(12-19)32-24(25(27,28)29)22(23(20)30)16-5-7-18(26)8-6-16/h3-12H,13H2,1-2H3. The molecule has 0 amide bonds. The molecule has 0 aliphatic heterocycles. The van der Waals surface area contributed by atoms with Crippen LogP contribution in [0.25, 0.3) is 22.1 Å². The molecule has 4 aromatic rings. The van der Waals surface area contributed by atoms with Gasteiger partial charge in [0.25, 0.3) is 0 Å². The van der Waals surface area contributed by atoms with E-state index in [1.165, 1.54) is 36.4 Å². The third-order valence-corrected chi connectivity index (χ3v) is 5.41. The minimum absolute atomic E-state index is 0.0297. The summed E-state index contributed by atoms with van der Waals surface area (Å²) in [7, 11) is 0. The van der Waals surface area contributed by atoms with Crippen molar-refractivity contribution in [2.45, 2.75) is 26.6 Å². The highest BCUT2D eigenvalue weighted by atomic mass is 35.5. The fraction of sp³-hybridized carbons (Fsp3) is 0.160. The molecule has 3 nitrogen and oxygen atoms in total. The van der Waals surface area contributed by atoms with Gasteiger partial charge in [0, 0.05) is 11.1 Å². The Balaban J connectivity index is 1.78. The summed E-state index contributed by atoms with van der Waals surface area (Å²) in [5.41, 5.74) is 1.62. The Morgan fingerprint density at radius 2 is 1.69 bits per heavy atom. The zero-order chi connectivity index (χ0) is 23.0. The van der Waals surface area contributed by atoms with Crippen molar-refractivity contribution in [1.82, 2.24) is 0 Å². The lowest BCUT2D eigenvalue weighted by Crippen LogP contribution is -2.16. The molecule has 3 aromatic carbocycles. The van der Waals surface area contributed by atoms with E-state index in [-0.39, 0.29) is 23.1 Å². The second-order valence-corrected chi connectivity index (χ2v) is 7.95. The molecular weight excluding hydrogens is 441 g/mol. The van der Waals surface area contributed by atoms with Crippen molar-refractivity contribution in [3.63, 3.8) is 0 Å². The molecule has 0 saturated carbocycles. The first-order valence-electron chi connectivity index (χ1n) is 9.76. The average Bonchev–Trinajstić information content (AvgIpc) is 2.74. The van der Waals surface area contributed by atoms with E-state index < -0.39 is 22.9 Å². The maximum Gasteiger partial charge on any atom is 0.450 e. The van der Waals surface area contributed by atoms with Crippen molar-refractivity contribution >= 4 is 22.6 Å². The number of halogens is 4. The van der Waals surface area contributed by atoms with Gasteiger partial charge in [0.15, 0.2) is 0 Å². The lowest BCUT2D eigenvalue weighted by atomic mass is 10.0. The molecule has 1 heterocycles. The van der Waals surface area contributed by atoms with Crippen molar-refractivity contribution in [3.8, 4) is 16.9 Å². The molecule has 0 spiro atoms. The normalized spacial score (nSPS) is 11.7. The van der Waals surface area contributed by atoms with E-state index in [4.69, 9.17) is 20.8 Å². The van der Waals surface area contributed by atoms with Crippen LogP contribution >= 0.6 is 11.6 Å². The van der Waals surface area contributed by atoms with Gasteiger partial charge >= 0.3 is 6.18 Å². The van der Waals surface area contributed by atoms with Crippen LogP contribution in [0.3, 0.4) is 0 Å². The van der Waals surface area contributed by atoms with Crippen LogP contribution < -0.4 is 10.2 Å². The van der Waals surface area contributed by atoms with Crippen molar-refractivity contribution in [3.05, 3.63) is 98.4 Å². The van der Waals surface area contributed by atoms with Gasteiger partial charge in [-0.1, -0.05) is 47.5 Å². The van der Waals surface area contributed by atoms with Crippen LogP contribution in [0, 0.1) is 13.8 Å².